The number of aryl methyl sites for hydroxylation is 1. The number of hydrogen-bond acceptors (Lipinski definition) is 5. The summed E-state index contributed by atoms with van der Waals surface area (Å²) in [5.41, 5.74) is 5.46. The van der Waals surface area contributed by atoms with E-state index in [1.54, 1.807) is 13.8 Å². The van der Waals surface area contributed by atoms with Crippen molar-refractivity contribution in [3.8, 4) is 22.5 Å². The molecule has 0 N–H and O–H groups in total. The highest BCUT2D eigenvalue weighted by Gasteiger charge is 2.28. The van der Waals surface area contributed by atoms with Crippen LogP contribution in [0.25, 0.3) is 22.5 Å². The van der Waals surface area contributed by atoms with Gasteiger partial charge in [0.05, 0.1) is 17.9 Å². The minimum absolute atomic E-state index is 0.0414. The number of para-hydroxylation sites is 1. The van der Waals surface area contributed by atoms with Gasteiger partial charge in [-0.15, -0.1) is 5.10 Å². The summed E-state index contributed by atoms with van der Waals surface area (Å²) in [4.78, 5) is 38.0. The van der Waals surface area contributed by atoms with E-state index < -0.39 is 0 Å². The molecule has 1 amide bonds. The van der Waals surface area contributed by atoms with Crippen molar-refractivity contribution in [1.29, 1.82) is 0 Å². The lowest BCUT2D eigenvalue weighted by Crippen LogP contribution is -2.31. The van der Waals surface area contributed by atoms with Crippen molar-refractivity contribution in [3.63, 3.8) is 0 Å². The van der Waals surface area contributed by atoms with Crippen molar-refractivity contribution < 1.29 is 14.4 Å². The molecule has 0 bridgehead atoms. The molecule has 7 nitrogen and oxygen atoms in total. The molecular formula is C28H32N4O3. The van der Waals surface area contributed by atoms with Gasteiger partial charge in [0.1, 0.15) is 17.3 Å². The summed E-state index contributed by atoms with van der Waals surface area (Å²) in [5, 5.41) is 9.06. The fourth-order valence-corrected chi connectivity index (χ4v) is 4.61. The van der Waals surface area contributed by atoms with E-state index in [4.69, 9.17) is 0 Å². The molecule has 0 saturated carbocycles. The van der Waals surface area contributed by atoms with Crippen LogP contribution in [0, 0.1) is 0 Å². The first-order valence-electron chi connectivity index (χ1n) is 12.4. The van der Waals surface area contributed by atoms with Gasteiger partial charge in [0.25, 0.3) is 0 Å². The fourth-order valence-electron chi connectivity index (χ4n) is 4.61. The fraction of sp³-hybridized carbons (Fsp3) is 0.393. The lowest BCUT2D eigenvalue weighted by atomic mass is 9.95. The second-order valence-corrected chi connectivity index (χ2v) is 9.23. The maximum absolute atomic E-state index is 13.5. The summed E-state index contributed by atoms with van der Waals surface area (Å²) in [6.07, 6.45) is 4.46. The molecule has 0 fully saturated rings. The molecule has 0 unspecified atom stereocenters. The number of amides is 1. The molecule has 0 atom stereocenters. The molecule has 2 aromatic carbocycles. The standard InChI is InChI=1S/C28H32N4O3/c1-20(33)11-3-8-17-26(35)31-19-22-13-4-5-14-23(22)27-28(24-15-6-7-16-25(24)31)32(30-29-27)18-10-9-12-21(2)34/h4-7,13-16H,3,8-12,17-19H2,1-2H3. The molecule has 4 rings (SSSR count). The quantitative estimate of drug-likeness (QED) is 0.371. The number of ketones is 2. The van der Waals surface area contributed by atoms with Crippen LogP contribution in [0.2, 0.25) is 0 Å². The molecule has 1 aromatic heterocycles. The van der Waals surface area contributed by atoms with E-state index >= 15 is 0 Å². The number of anilines is 1. The van der Waals surface area contributed by atoms with Crippen molar-refractivity contribution in [2.24, 2.45) is 0 Å². The van der Waals surface area contributed by atoms with Crippen molar-refractivity contribution in [3.05, 3.63) is 54.1 Å². The third kappa shape index (κ3) is 5.73. The molecule has 35 heavy (non-hydrogen) atoms. The zero-order valence-corrected chi connectivity index (χ0v) is 20.5. The van der Waals surface area contributed by atoms with Crippen molar-refractivity contribution in [2.45, 2.75) is 71.9 Å². The highest BCUT2D eigenvalue weighted by molar-refractivity contribution is 6.00. The molecule has 3 aromatic rings. The van der Waals surface area contributed by atoms with E-state index in [0.717, 1.165) is 46.6 Å². The van der Waals surface area contributed by atoms with Gasteiger partial charge in [-0.3, -0.25) is 4.79 Å². The van der Waals surface area contributed by atoms with E-state index in [2.05, 4.69) is 10.3 Å². The van der Waals surface area contributed by atoms with Crippen LogP contribution in [0.4, 0.5) is 5.69 Å². The van der Waals surface area contributed by atoms with Gasteiger partial charge in [0.2, 0.25) is 5.91 Å². The molecule has 0 aliphatic carbocycles. The topological polar surface area (TPSA) is 85.2 Å². The zero-order chi connectivity index (χ0) is 24.8. The number of rotatable bonds is 10. The molecule has 182 valence electrons. The van der Waals surface area contributed by atoms with E-state index in [-0.39, 0.29) is 17.5 Å². The van der Waals surface area contributed by atoms with Gasteiger partial charge < -0.3 is 14.5 Å². The van der Waals surface area contributed by atoms with E-state index in [9.17, 15) is 14.4 Å². The predicted molar refractivity (Wildman–Crippen MR) is 136 cm³/mol. The number of nitrogens with zero attached hydrogens (tertiary/aromatic N) is 4. The smallest absolute Gasteiger partial charge is 0.227 e. The summed E-state index contributed by atoms with van der Waals surface area (Å²) in [6.45, 7) is 4.29. The third-order valence-corrected chi connectivity index (χ3v) is 6.41. The van der Waals surface area contributed by atoms with E-state index in [1.807, 2.05) is 58.1 Å². The summed E-state index contributed by atoms with van der Waals surface area (Å²) >= 11 is 0. The minimum Gasteiger partial charge on any atom is -0.307 e. The van der Waals surface area contributed by atoms with E-state index in [0.29, 0.717) is 45.2 Å². The van der Waals surface area contributed by atoms with E-state index in [1.165, 1.54) is 0 Å². The highest BCUT2D eigenvalue weighted by Crippen LogP contribution is 2.41. The van der Waals surface area contributed by atoms with Crippen LogP contribution >= 0.6 is 0 Å². The molecule has 7 heteroatoms. The van der Waals surface area contributed by atoms with Gasteiger partial charge in [-0.05, 0) is 51.2 Å². The summed E-state index contributed by atoms with van der Waals surface area (Å²) in [5.74, 6) is 0.384. The number of Topliss-reactive ketones (excluding diaryl/α,β-unsaturated/α-hetero) is 2. The first-order valence-corrected chi connectivity index (χ1v) is 12.4. The van der Waals surface area contributed by atoms with Crippen LogP contribution < -0.4 is 4.90 Å². The summed E-state index contributed by atoms with van der Waals surface area (Å²) in [7, 11) is 0. The number of unbranched alkanes of at least 4 members (excludes halogenated alkanes) is 2. The Balaban J connectivity index is 1.72. The Labute approximate surface area is 206 Å². The summed E-state index contributed by atoms with van der Waals surface area (Å²) in [6, 6.07) is 16.0. The van der Waals surface area contributed by atoms with Gasteiger partial charge >= 0.3 is 0 Å². The first kappa shape index (κ1) is 24.5. The number of fused-ring (bicyclic) bond motifs is 5. The predicted octanol–water partition coefficient (Wildman–Crippen LogP) is 5.37. The monoisotopic (exact) mass is 472 g/mol. The van der Waals surface area contributed by atoms with Crippen LogP contribution in [0.3, 0.4) is 0 Å². The molecule has 0 spiro atoms. The Morgan fingerprint density at radius 1 is 0.800 bits per heavy atom. The molecular weight excluding hydrogens is 440 g/mol. The van der Waals surface area contributed by atoms with Gasteiger partial charge in [0.15, 0.2) is 0 Å². The van der Waals surface area contributed by atoms with Gasteiger partial charge in [-0.1, -0.05) is 47.7 Å². The Kier molecular flexibility index (Phi) is 7.85. The van der Waals surface area contributed by atoms with Crippen molar-refractivity contribution >= 4 is 23.2 Å². The average molecular weight is 473 g/mol. The number of carbonyl (C=O) groups excluding carboxylic acids is 3. The Hall–Kier alpha value is -3.61. The maximum atomic E-state index is 13.5. The van der Waals surface area contributed by atoms with Crippen LogP contribution in [0.5, 0.6) is 0 Å². The highest BCUT2D eigenvalue weighted by atomic mass is 16.2. The molecule has 1 aliphatic rings. The lowest BCUT2D eigenvalue weighted by molar-refractivity contribution is -0.120. The Morgan fingerprint density at radius 3 is 2.17 bits per heavy atom. The number of hydrogen-bond donors (Lipinski definition) is 0. The Bertz CT molecular complexity index is 1230. The molecule has 1 aliphatic heterocycles. The largest absolute Gasteiger partial charge is 0.307 e. The molecule has 2 heterocycles. The minimum atomic E-state index is 0.0414. The van der Waals surface area contributed by atoms with Gasteiger partial charge in [-0.2, -0.15) is 0 Å². The second kappa shape index (κ2) is 11.2. The number of aromatic nitrogens is 3. The average Bonchev–Trinajstić information content (AvgIpc) is 3.25. The van der Waals surface area contributed by atoms with Gasteiger partial charge in [-0.25, -0.2) is 4.68 Å². The van der Waals surface area contributed by atoms with Crippen LogP contribution in [-0.4, -0.2) is 32.5 Å². The third-order valence-electron chi connectivity index (χ3n) is 6.41. The SMILES string of the molecule is CC(=O)CCCCC(=O)N1Cc2ccccc2-c2nnn(CCCCC(C)=O)c2-c2ccccc21. The number of carbonyl (C=O) groups is 3. The second-order valence-electron chi connectivity index (χ2n) is 9.23. The van der Waals surface area contributed by atoms with Gasteiger partial charge in [0, 0.05) is 36.9 Å². The zero-order valence-electron chi connectivity index (χ0n) is 20.5. The van der Waals surface area contributed by atoms with Crippen molar-refractivity contribution in [1.82, 2.24) is 15.0 Å². The van der Waals surface area contributed by atoms with Crippen molar-refractivity contribution in [2.75, 3.05) is 4.90 Å². The molecule has 0 saturated heterocycles. The number of benzene rings is 2. The normalized spacial score (nSPS) is 12.2. The Morgan fingerprint density at radius 2 is 1.43 bits per heavy atom. The lowest BCUT2D eigenvalue weighted by Gasteiger charge is -2.29. The van der Waals surface area contributed by atoms with Crippen LogP contribution in [0.1, 0.15) is 64.4 Å². The maximum Gasteiger partial charge on any atom is 0.227 e. The molecule has 0 radical (unpaired) electrons. The first-order chi connectivity index (χ1) is 17.0. The summed E-state index contributed by atoms with van der Waals surface area (Å²) < 4.78 is 1.91. The van der Waals surface area contributed by atoms with Crippen LogP contribution in [0.15, 0.2) is 48.5 Å². The van der Waals surface area contributed by atoms with Crippen LogP contribution in [-0.2, 0) is 27.5 Å².